The number of nitrogens with zero attached hydrogens (tertiary/aromatic N) is 2. The number of halogens is 1. The highest BCUT2D eigenvalue weighted by Crippen LogP contribution is 2.28. The first-order valence-electron chi connectivity index (χ1n) is 9.97. The summed E-state index contributed by atoms with van der Waals surface area (Å²) < 4.78 is 20.9. The van der Waals surface area contributed by atoms with E-state index in [0.717, 1.165) is 41.8 Å². The Bertz CT molecular complexity index is 1030. The van der Waals surface area contributed by atoms with Gasteiger partial charge in [0.25, 0.3) is 5.91 Å². The second-order valence-electron chi connectivity index (χ2n) is 7.21. The van der Waals surface area contributed by atoms with Crippen molar-refractivity contribution in [3.8, 4) is 11.4 Å². The molecular weight excluding hydrogens is 369 g/mol. The molecule has 1 aliphatic rings. The molecule has 29 heavy (non-hydrogen) atoms. The molecule has 1 aliphatic carbocycles. The molecule has 0 radical (unpaired) electrons. The van der Waals surface area contributed by atoms with Crippen LogP contribution in [0.2, 0.25) is 0 Å². The Morgan fingerprint density at radius 1 is 1.17 bits per heavy atom. The van der Waals surface area contributed by atoms with Crippen molar-refractivity contribution in [1.29, 1.82) is 0 Å². The molecule has 5 nitrogen and oxygen atoms in total. The molecule has 150 valence electrons. The molecule has 0 bridgehead atoms. The number of carbonyl (C=O) groups excluding carboxylic acids is 1. The number of fused-ring (bicyclic) bond motifs is 1. The zero-order chi connectivity index (χ0) is 20.2. The van der Waals surface area contributed by atoms with E-state index in [2.05, 4.69) is 10.4 Å². The summed E-state index contributed by atoms with van der Waals surface area (Å²) in [7, 11) is 0. The molecule has 3 aromatic rings. The first-order chi connectivity index (χ1) is 14.1. The van der Waals surface area contributed by atoms with E-state index in [0.29, 0.717) is 25.3 Å². The van der Waals surface area contributed by atoms with Gasteiger partial charge < -0.3 is 10.1 Å². The van der Waals surface area contributed by atoms with Crippen molar-refractivity contribution in [3.05, 3.63) is 76.9 Å². The van der Waals surface area contributed by atoms with Crippen LogP contribution in [0, 0.1) is 12.7 Å². The van der Waals surface area contributed by atoms with Crippen LogP contribution in [0.15, 0.2) is 48.5 Å². The summed E-state index contributed by atoms with van der Waals surface area (Å²) >= 11 is 0. The van der Waals surface area contributed by atoms with Gasteiger partial charge >= 0.3 is 0 Å². The fourth-order valence-electron chi connectivity index (χ4n) is 3.72. The molecule has 1 heterocycles. The minimum Gasteiger partial charge on any atom is -0.490 e. The Kier molecular flexibility index (Phi) is 5.60. The Morgan fingerprint density at radius 2 is 1.97 bits per heavy atom. The number of nitrogens with one attached hydrogen (secondary N) is 1. The number of rotatable bonds is 7. The molecule has 2 aromatic carbocycles. The van der Waals surface area contributed by atoms with Crippen molar-refractivity contribution in [2.45, 2.75) is 32.6 Å². The molecule has 1 N–H and O–H groups in total. The lowest BCUT2D eigenvalue weighted by molar-refractivity contribution is 0.0945. The summed E-state index contributed by atoms with van der Waals surface area (Å²) in [6, 6.07) is 14.4. The SMILES string of the molecule is Cc1ccccc1-n1nc(C(=O)NCCCOc2ccccc2F)c2c1CCC2. The van der Waals surface area contributed by atoms with Gasteiger partial charge in [0.05, 0.1) is 12.3 Å². The van der Waals surface area contributed by atoms with Gasteiger partial charge in [-0.15, -0.1) is 0 Å². The average Bonchev–Trinajstić information content (AvgIpc) is 3.32. The van der Waals surface area contributed by atoms with Crippen molar-refractivity contribution in [2.75, 3.05) is 13.2 Å². The smallest absolute Gasteiger partial charge is 0.272 e. The zero-order valence-electron chi connectivity index (χ0n) is 16.5. The van der Waals surface area contributed by atoms with Gasteiger partial charge in [0.1, 0.15) is 0 Å². The highest BCUT2D eigenvalue weighted by molar-refractivity contribution is 5.94. The van der Waals surface area contributed by atoms with Crippen LogP contribution in [0.4, 0.5) is 4.39 Å². The molecule has 0 aliphatic heterocycles. The van der Waals surface area contributed by atoms with E-state index in [9.17, 15) is 9.18 Å². The zero-order valence-corrected chi connectivity index (χ0v) is 16.5. The van der Waals surface area contributed by atoms with Crippen molar-refractivity contribution in [2.24, 2.45) is 0 Å². The van der Waals surface area contributed by atoms with Crippen LogP contribution in [0.5, 0.6) is 5.75 Å². The third-order valence-corrected chi connectivity index (χ3v) is 5.19. The Labute approximate surface area is 169 Å². The number of para-hydroxylation sites is 2. The Hall–Kier alpha value is -3.15. The van der Waals surface area contributed by atoms with Crippen molar-refractivity contribution in [1.82, 2.24) is 15.1 Å². The van der Waals surface area contributed by atoms with Crippen LogP contribution < -0.4 is 10.1 Å². The Balaban J connectivity index is 1.39. The number of ether oxygens (including phenoxy) is 1. The summed E-state index contributed by atoms with van der Waals surface area (Å²) in [4.78, 5) is 12.7. The molecule has 0 atom stereocenters. The highest BCUT2D eigenvalue weighted by Gasteiger charge is 2.27. The number of aryl methyl sites for hydroxylation is 1. The second-order valence-corrected chi connectivity index (χ2v) is 7.21. The lowest BCUT2D eigenvalue weighted by atomic mass is 10.2. The molecule has 1 amide bonds. The van der Waals surface area contributed by atoms with Crippen molar-refractivity contribution in [3.63, 3.8) is 0 Å². The van der Waals surface area contributed by atoms with Gasteiger partial charge in [0.15, 0.2) is 17.3 Å². The van der Waals surface area contributed by atoms with Gasteiger partial charge in [0, 0.05) is 17.8 Å². The number of benzene rings is 2. The van der Waals surface area contributed by atoms with Gasteiger partial charge in [-0.3, -0.25) is 4.79 Å². The number of hydrogen-bond acceptors (Lipinski definition) is 3. The van der Waals surface area contributed by atoms with Crippen LogP contribution >= 0.6 is 0 Å². The van der Waals surface area contributed by atoms with Crippen LogP contribution in [-0.4, -0.2) is 28.8 Å². The number of amides is 1. The van der Waals surface area contributed by atoms with E-state index in [4.69, 9.17) is 4.74 Å². The summed E-state index contributed by atoms with van der Waals surface area (Å²) in [5.41, 5.74) is 4.83. The molecule has 0 fully saturated rings. The maximum Gasteiger partial charge on any atom is 0.272 e. The molecular formula is C23H24FN3O2. The summed E-state index contributed by atoms with van der Waals surface area (Å²) in [5, 5.41) is 7.57. The molecule has 0 spiro atoms. The van der Waals surface area contributed by atoms with E-state index < -0.39 is 0 Å². The van der Waals surface area contributed by atoms with Gasteiger partial charge in [-0.1, -0.05) is 30.3 Å². The fraction of sp³-hybridized carbons (Fsp3) is 0.304. The number of carbonyl (C=O) groups is 1. The lowest BCUT2D eigenvalue weighted by Crippen LogP contribution is -2.27. The van der Waals surface area contributed by atoms with E-state index in [1.54, 1.807) is 18.2 Å². The molecule has 0 unspecified atom stereocenters. The van der Waals surface area contributed by atoms with Crippen molar-refractivity contribution >= 4 is 5.91 Å². The molecule has 4 rings (SSSR count). The molecule has 6 heteroatoms. The minimum absolute atomic E-state index is 0.165. The van der Waals surface area contributed by atoms with Gasteiger partial charge in [-0.05, 0) is 56.4 Å². The first-order valence-corrected chi connectivity index (χ1v) is 9.97. The fourth-order valence-corrected chi connectivity index (χ4v) is 3.72. The molecule has 0 saturated heterocycles. The summed E-state index contributed by atoms with van der Waals surface area (Å²) in [5.74, 6) is -0.316. The van der Waals surface area contributed by atoms with Crippen LogP contribution in [0.25, 0.3) is 5.69 Å². The maximum absolute atomic E-state index is 13.5. The largest absolute Gasteiger partial charge is 0.490 e. The lowest BCUT2D eigenvalue weighted by Gasteiger charge is -2.09. The highest BCUT2D eigenvalue weighted by atomic mass is 19.1. The Morgan fingerprint density at radius 3 is 2.79 bits per heavy atom. The van der Waals surface area contributed by atoms with Gasteiger partial charge in [-0.2, -0.15) is 5.10 Å². The maximum atomic E-state index is 13.5. The quantitative estimate of drug-likeness (QED) is 0.617. The third-order valence-electron chi connectivity index (χ3n) is 5.19. The van der Waals surface area contributed by atoms with Crippen LogP contribution in [-0.2, 0) is 12.8 Å². The van der Waals surface area contributed by atoms with E-state index in [1.807, 2.05) is 35.9 Å². The van der Waals surface area contributed by atoms with Gasteiger partial charge in [-0.25, -0.2) is 9.07 Å². The standard InChI is InChI=1S/C23H24FN3O2/c1-16-8-2-4-11-19(16)27-20-12-6-9-17(20)22(26-27)23(28)25-14-7-15-29-21-13-5-3-10-18(21)24/h2-5,8,10-11,13H,6-7,9,12,14-15H2,1H3,(H,25,28). The predicted octanol–water partition coefficient (Wildman–Crippen LogP) is 4.01. The number of aromatic nitrogens is 2. The molecule has 0 saturated carbocycles. The van der Waals surface area contributed by atoms with Crippen LogP contribution in [0.1, 0.15) is 40.2 Å². The van der Waals surface area contributed by atoms with E-state index in [-0.39, 0.29) is 17.5 Å². The second kappa shape index (κ2) is 8.47. The van der Waals surface area contributed by atoms with Crippen molar-refractivity contribution < 1.29 is 13.9 Å². The van der Waals surface area contributed by atoms with Crippen LogP contribution in [0.3, 0.4) is 0 Å². The first kappa shape index (κ1) is 19.2. The third kappa shape index (κ3) is 4.01. The molecule has 1 aromatic heterocycles. The van der Waals surface area contributed by atoms with E-state index in [1.165, 1.54) is 6.07 Å². The average molecular weight is 393 g/mol. The minimum atomic E-state index is -0.381. The summed E-state index contributed by atoms with van der Waals surface area (Å²) in [6.07, 6.45) is 3.43. The topological polar surface area (TPSA) is 56.2 Å². The monoisotopic (exact) mass is 393 g/mol. The summed E-state index contributed by atoms with van der Waals surface area (Å²) in [6.45, 7) is 2.82. The van der Waals surface area contributed by atoms with E-state index >= 15 is 0 Å². The normalized spacial score (nSPS) is 12.6. The number of hydrogen-bond donors (Lipinski definition) is 1. The van der Waals surface area contributed by atoms with Gasteiger partial charge in [0.2, 0.25) is 0 Å². The predicted molar refractivity (Wildman–Crippen MR) is 109 cm³/mol.